The van der Waals surface area contributed by atoms with Gasteiger partial charge < -0.3 is 20.7 Å². The van der Waals surface area contributed by atoms with E-state index in [-0.39, 0.29) is 12.0 Å². The summed E-state index contributed by atoms with van der Waals surface area (Å²) in [5.74, 6) is 0.847. The molecule has 134 valence electrons. The van der Waals surface area contributed by atoms with Crippen molar-refractivity contribution in [3.05, 3.63) is 0 Å². The highest BCUT2D eigenvalue weighted by Crippen LogP contribution is 2.18. The first-order valence-corrected chi connectivity index (χ1v) is 8.64. The molecule has 0 aliphatic heterocycles. The number of carbonyl (C=O) groups excluding carboxylic acids is 2. The maximum Gasteiger partial charge on any atom is 0.407 e. The second-order valence-corrected chi connectivity index (χ2v) is 7.68. The standard InChI is InChI=1S/C17H33N3O3/c1-12(2)13(11-19-16(22)23-17(3,4)5)10-18-9-8-15(21)20-14-6-7-14/h12-14,18H,6-11H2,1-5H3,(H,19,22)(H,20,21). The van der Waals surface area contributed by atoms with Crippen LogP contribution in [0.25, 0.3) is 0 Å². The number of alkyl carbamates (subject to hydrolysis) is 1. The van der Waals surface area contributed by atoms with Gasteiger partial charge in [-0.15, -0.1) is 0 Å². The zero-order valence-corrected chi connectivity index (χ0v) is 15.2. The molecule has 0 aromatic carbocycles. The lowest BCUT2D eigenvalue weighted by atomic mass is 9.96. The normalized spacial score (nSPS) is 16.1. The van der Waals surface area contributed by atoms with Crippen molar-refractivity contribution in [2.75, 3.05) is 19.6 Å². The second kappa shape index (κ2) is 9.11. The molecule has 1 aliphatic rings. The summed E-state index contributed by atoms with van der Waals surface area (Å²) in [6, 6.07) is 0.420. The predicted molar refractivity (Wildman–Crippen MR) is 91.2 cm³/mol. The fourth-order valence-electron chi connectivity index (χ4n) is 2.09. The zero-order chi connectivity index (χ0) is 17.5. The lowest BCUT2D eigenvalue weighted by molar-refractivity contribution is -0.121. The Balaban J connectivity index is 2.18. The van der Waals surface area contributed by atoms with Gasteiger partial charge >= 0.3 is 6.09 Å². The van der Waals surface area contributed by atoms with Crippen LogP contribution >= 0.6 is 0 Å². The van der Waals surface area contributed by atoms with Crippen LogP contribution in [-0.2, 0) is 9.53 Å². The third-order valence-corrected chi connectivity index (χ3v) is 3.73. The molecule has 1 aliphatic carbocycles. The summed E-state index contributed by atoms with van der Waals surface area (Å²) in [4.78, 5) is 23.3. The first-order valence-electron chi connectivity index (χ1n) is 8.64. The topological polar surface area (TPSA) is 79.5 Å². The van der Waals surface area contributed by atoms with Crippen LogP contribution in [0.2, 0.25) is 0 Å². The fourth-order valence-corrected chi connectivity index (χ4v) is 2.09. The molecule has 1 saturated carbocycles. The van der Waals surface area contributed by atoms with Crippen LogP contribution in [-0.4, -0.2) is 43.3 Å². The predicted octanol–water partition coefficient (Wildman–Crippen LogP) is 2.04. The molecule has 23 heavy (non-hydrogen) atoms. The van der Waals surface area contributed by atoms with E-state index in [9.17, 15) is 9.59 Å². The molecular formula is C17H33N3O3. The van der Waals surface area contributed by atoms with E-state index in [0.29, 0.717) is 37.4 Å². The van der Waals surface area contributed by atoms with Crippen molar-refractivity contribution in [1.29, 1.82) is 0 Å². The van der Waals surface area contributed by atoms with Crippen molar-refractivity contribution >= 4 is 12.0 Å². The average Bonchev–Trinajstić information content (AvgIpc) is 3.19. The van der Waals surface area contributed by atoms with Crippen molar-refractivity contribution in [2.24, 2.45) is 11.8 Å². The summed E-state index contributed by atoms with van der Waals surface area (Å²) < 4.78 is 5.24. The Morgan fingerprint density at radius 2 is 1.83 bits per heavy atom. The molecule has 0 bridgehead atoms. The van der Waals surface area contributed by atoms with Gasteiger partial charge in [-0.25, -0.2) is 4.79 Å². The number of amides is 2. The van der Waals surface area contributed by atoms with Crippen molar-refractivity contribution in [3.8, 4) is 0 Å². The first kappa shape index (κ1) is 19.7. The van der Waals surface area contributed by atoms with Crippen molar-refractivity contribution in [1.82, 2.24) is 16.0 Å². The third kappa shape index (κ3) is 10.2. The minimum Gasteiger partial charge on any atom is -0.444 e. The number of hydrogen-bond donors (Lipinski definition) is 3. The Hall–Kier alpha value is -1.30. The number of rotatable bonds is 9. The van der Waals surface area contributed by atoms with Gasteiger partial charge in [-0.3, -0.25) is 4.79 Å². The van der Waals surface area contributed by atoms with Crippen LogP contribution in [0.5, 0.6) is 0 Å². The summed E-state index contributed by atoms with van der Waals surface area (Å²) in [5, 5.41) is 9.11. The van der Waals surface area contributed by atoms with Gasteiger partial charge in [0, 0.05) is 25.6 Å². The maximum absolute atomic E-state index is 11.7. The van der Waals surface area contributed by atoms with Crippen LogP contribution in [0.1, 0.15) is 53.9 Å². The lowest BCUT2D eigenvalue weighted by Gasteiger charge is -2.24. The van der Waals surface area contributed by atoms with E-state index in [1.807, 2.05) is 20.8 Å². The number of hydrogen-bond acceptors (Lipinski definition) is 4. The Bertz CT molecular complexity index is 387. The van der Waals surface area contributed by atoms with E-state index >= 15 is 0 Å². The van der Waals surface area contributed by atoms with E-state index < -0.39 is 5.60 Å². The summed E-state index contributed by atoms with van der Waals surface area (Å²) >= 11 is 0. The van der Waals surface area contributed by atoms with Crippen LogP contribution < -0.4 is 16.0 Å². The van der Waals surface area contributed by atoms with E-state index in [4.69, 9.17) is 4.74 Å². The monoisotopic (exact) mass is 327 g/mol. The van der Waals surface area contributed by atoms with E-state index in [1.54, 1.807) is 0 Å². The Morgan fingerprint density at radius 1 is 1.17 bits per heavy atom. The maximum atomic E-state index is 11.7. The van der Waals surface area contributed by atoms with Gasteiger partial charge in [0.2, 0.25) is 5.91 Å². The molecule has 1 atom stereocenters. The van der Waals surface area contributed by atoms with Gasteiger partial charge in [-0.05, 0) is 52.0 Å². The van der Waals surface area contributed by atoms with Crippen LogP contribution in [0.4, 0.5) is 4.79 Å². The van der Waals surface area contributed by atoms with Crippen LogP contribution in [0.15, 0.2) is 0 Å². The highest BCUT2D eigenvalue weighted by molar-refractivity contribution is 5.76. The van der Waals surface area contributed by atoms with Crippen molar-refractivity contribution in [3.63, 3.8) is 0 Å². The minimum atomic E-state index is -0.482. The van der Waals surface area contributed by atoms with Gasteiger partial charge in [0.1, 0.15) is 5.60 Å². The molecule has 1 rings (SSSR count). The van der Waals surface area contributed by atoms with Gasteiger partial charge in [-0.2, -0.15) is 0 Å². The molecule has 0 aromatic heterocycles. The quantitative estimate of drug-likeness (QED) is 0.566. The molecule has 6 nitrogen and oxygen atoms in total. The van der Waals surface area contributed by atoms with E-state index in [2.05, 4.69) is 29.8 Å². The van der Waals surface area contributed by atoms with Crippen molar-refractivity contribution < 1.29 is 14.3 Å². The second-order valence-electron chi connectivity index (χ2n) is 7.68. The van der Waals surface area contributed by atoms with E-state index in [0.717, 1.165) is 19.4 Å². The molecule has 1 unspecified atom stereocenters. The highest BCUT2D eigenvalue weighted by atomic mass is 16.6. The molecule has 0 radical (unpaired) electrons. The van der Waals surface area contributed by atoms with Gasteiger partial charge in [-0.1, -0.05) is 13.8 Å². The summed E-state index contributed by atoms with van der Waals surface area (Å²) in [5.41, 5.74) is -0.482. The fraction of sp³-hybridized carbons (Fsp3) is 0.882. The first-order chi connectivity index (χ1) is 10.7. The summed E-state index contributed by atoms with van der Waals surface area (Å²) in [7, 11) is 0. The molecule has 0 saturated heterocycles. The largest absolute Gasteiger partial charge is 0.444 e. The molecule has 0 aromatic rings. The van der Waals surface area contributed by atoms with Crippen molar-refractivity contribution in [2.45, 2.75) is 65.5 Å². The number of ether oxygens (including phenoxy) is 1. The molecule has 2 amide bonds. The third-order valence-electron chi connectivity index (χ3n) is 3.73. The van der Waals surface area contributed by atoms with Gasteiger partial charge in [0.05, 0.1) is 0 Å². The molecular weight excluding hydrogens is 294 g/mol. The Morgan fingerprint density at radius 3 is 2.35 bits per heavy atom. The molecule has 0 heterocycles. The summed E-state index contributed by atoms with van der Waals surface area (Å²) in [6.07, 6.45) is 2.35. The SMILES string of the molecule is CC(C)C(CNCCC(=O)NC1CC1)CNC(=O)OC(C)(C)C. The number of nitrogens with one attached hydrogen (secondary N) is 3. The van der Waals surface area contributed by atoms with E-state index in [1.165, 1.54) is 0 Å². The lowest BCUT2D eigenvalue weighted by Crippen LogP contribution is -2.40. The molecule has 6 heteroatoms. The Kier molecular flexibility index (Phi) is 7.82. The molecule has 1 fully saturated rings. The Labute approximate surface area is 140 Å². The average molecular weight is 327 g/mol. The highest BCUT2D eigenvalue weighted by Gasteiger charge is 2.23. The van der Waals surface area contributed by atoms with Crippen LogP contribution in [0, 0.1) is 11.8 Å². The minimum absolute atomic E-state index is 0.118. The number of carbonyl (C=O) groups is 2. The van der Waals surface area contributed by atoms with Gasteiger partial charge in [0.15, 0.2) is 0 Å². The molecule has 0 spiro atoms. The zero-order valence-electron chi connectivity index (χ0n) is 15.2. The summed E-state index contributed by atoms with van der Waals surface area (Å²) in [6.45, 7) is 11.8. The van der Waals surface area contributed by atoms with Crippen LogP contribution in [0.3, 0.4) is 0 Å². The molecule has 3 N–H and O–H groups in total. The smallest absolute Gasteiger partial charge is 0.407 e. The van der Waals surface area contributed by atoms with Gasteiger partial charge in [0.25, 0.3) is 0 Å².